The standard InChI is InChI=1S/C14H18N2OS/c1-4-17-12-5-11(6-16-7-12)14(15-3)13-9-18-8-10(13)2/h5-9,14-15H,4H2,1-3H3. The van der Waals surface area contributed by atoms with E-state index in [0.29, 0.717) is 6.61 Å². The summed E-state index contributed by atoms with van der Waals surface area (Å²) in [7, 11) is 1.97. The molecule has 2 aromatic heterocycles. The van der Waals surface area contributed by atoms with Gasteiger partial charge >= 0.3 is 0 Å². The molecule has 18 heavy (non-hydrogen) atoms. The van der Waals surface area contributed by atoms with Crippen LogP contribution in [0.4, 0.5) is 0 Å². The highest BCUT2D eigenvalue weighted by molar-refractivity contribution is 7.08. The molecule has 0 aliphatic carbocycles. The predicted octanol–water partition coefficient (Wildman–Crippen LogP) is 3.16. The van der Waals surface area contributed by atoms with E-state index < -0.39 is 0 Å². The molecule has 0 aliphatic heterocycles. The Hall–Kier alpha value is -1.39. The zero-order valence-electron chi connectivity index (χ0n) is 10.9. The van der Waals surface area contributed by atoms with E-state index in [4.69, 9.17) is 4.74 Å². The molecular weight excluding hydrogens is 244 g/mol. The van der Waals surface area contributed by atoms with Crippen molar-refractivity contribution >= 4 is 11.3 Å². The molecule has 1 N–H and O–H groups in total. The van der Waals surface area contributed by atoms with E-state index in [9.17, 15) is 0 Å². The molecule has 1 atom stereocenters. The summed E-state index contributed by atoms with van der Waals surface area (Å²) < 4.78 is 5.50. The molecule has 3 nitrogen and oxygen atoms in total. The highest BCUT2D eigenvalue weighted by Crippen LogP contribution is 2.28. The lowest BCUT2D eigenvalue weighted by Crippen LogP contribution is -2.18. The van der Waals surface area contributed by atoms with Crippen molar-refractivity contribution in [3.05, 3.63) is 45.9 Å². The second kappa shape index (κ2) is 5.98. The van der Waals surface area contributed by atoms with E-state index in [-0.39, 0.29) is 6.04 Å². The minimum Gasteiger partial charge on any atom is -0.492 e. The lowest BCUT2D eigenvalue weighted by Gasteiger charge is -2.17. The third kappa shape index (κ3) is 2.71. The summed E-state index contributed by atoms with van der Waals surface area (Å²) in [5, 5.41) is 7.69. The second-order valence-electron chi connectivity index (χ2n) is 4.12. The number of aryl methyl sites for hydroxylation is 1. The smallest absolute Gasteiger partial charge is 0.137 e. The van der Waals surface area contributed by atoms with Crippen LogP contribution in [0.5, 0.6) is 5.75 Å². The van der Waals surface area contributed by atoms with Crippen molar-refractivity contribution in [1.82, 2.24) is 10.3 Å². The van der Waals surface area contributed by atoms with Crippen LogP contribution in [-0.4, -0.2) is 18.6 Å². The van der Waals surface area contributed by atoms with Crippen molar-refractivity contribution in [2.75, 3.05) is 13.7 Å². The summed E-state index contributed by atoms with van der Waals surface area (Å²) in [6.07, 6.45) is 3.64. The van der Waals surface area contributed by atoms with Crippen LogP contribution in [-0.2, 0) is 0 Å². The number of nitrogens with one attached hydrogen (secondary N) is 1. The first-order valence-corrected chi connectivity index (χ1v) is 6.98. The van der Waals surface area contributed by atoms with Crippen molar-refractivity contribution in [2.24, 2.45) is 0 Å². The zero-order valence-corrected chi connectivity index (χ0v) is 11.8. The Morgan fingerprint density at radius 3 is 2.83 bits per heavy atom. The highest BCUT2D eigenvalue weighted by atomic mass is 32.1. The lowest BCUT2D eigenvalue weighted by molar-refractivity contribution is 0.338. The van der Waals surface area contributed by atoms with E-state index in [1.54, 1.807) is 17.5 Å². The highest BCUT2D eigenvalue weighted by Gasteiger charge is 2.15. The molecule has 0 saturated heterocycles. The third-order valence-electron chi connectivity index (χ3n) is 2.87. The number of hydrogen-bond acceptors (Lipinski definition) is 4. The van der Waals surface area contributed by atoms with Gasteiger partial charge in [0.2, 0.25) is 0 Å². The van der Waals surface area contributed by atoms with Gasteiger partial charge in [-0.2, -0.15) is 11.3 Å². The monoisotopic (exact) mass is 262 g/mol. The molecule has 0 aliphatic rings. The van der Waals surface area contributed by atoms with Crippen molar-refractivity contribution < 1.29 is 4.74 Å². The molecule has 0 amide bonds. The molecule has 2 aromatic rings. The Kier molecular flexibility index (Phi) is 4.33. The normalized spacial score (nSPS) is 12.4. The van der Waals surface area contributed by atoms with Crippen LogP contribution in [0.1, 0.15) is 29.7 Å². The zero-order chi connectivity index (χ0) is 13.0. The van der Waals surface area contributed by atoms with E-state index in [0.717, 1.165) is 11.3 Å². The minimum absolute atomic E-state index is 0.171. The number of hydrogen-bond donors (Lipinski definition) is 1. The SMILES string of the molecule is CCOc1cncc(C(NC)c2cscc2C)c1. The molecule has 2 heterocycles. The maximum absolute atomic E-state index is 5.50. The van der Waals surface area contributed by atoms with Gasteiger partial charge in [-0.15, -0.1) is 0 Å². The van der Waals surface area contributed by atoms with Gasteiger partial charge in [0.1, 0.15) is 5.75 Å². The molecule has 0 radical (unpaired) electrons. The van der Waals surface area contributed by atoms with Crippen LogP contribution in [0.25, 0.3) is 0 Å². The van der Waals surface area contributed by atoms with Gasteiger partial charge in [-0.1, -0.05) is 0 Å². The van der Waals surface area contributed by atoms with E-state index in [1.807, 2.05) is 20.2 Å². The van der Waals surface area contributed by atoms with Crippen LogP contribution in [0.2, 0.25) is 0 Å². The Balaban J connectivity index is 2.33. The third-order valence-corrected chi connectivity index (χ3v) is 3.75. The van der Waals surface area contributed by atoms with Crippen LogP contribution >= 0.6 is 11.3 Å². The molecule has 0 aromatic carbocycles. The number of pyridine rings is 1. The van der Waals surface area contributed by atoms with Gasteiger partial charge in [-0.05, 0) is 54.4 Å². The summed E-state index contributed by atoms with van der Waals surface area (Å²) in [4.78, 5) is 4.25. The van der Waals surface area contributed by atoms with Crippen molar-refractivity contribution in [1.29, 1.82) is 0 Å². The summed E-state index contributed by atoms with van der Waals surface area (Å²) in [5.41, 5.74) is 3.74. The van der Waals surface area contributed by atoms with E-state index in [2.05, 4.69) is 34.1 Å². The quantitative estimate of drug-likeness (QED) is 0.898. The molecule has 96 valence electrons. The van der Waals surface area contributed by atoms with Gasteiger partial charge in [0.05, 0.1) is 18.8 Å². The molecule has 4 heteroatoms. The fourth-order valence-electron chi connectivity index (χ4n) is 2.01. The summed E-state index contributed by atoms with van der Waals surface area (Å²) in [6, 6.07) is 2.22. The number of aromatic nitrogens is 1. The molecule has 0 saturated carbocycles. The Morgan fingerprint density at radius 1 is 1.39 bits per heavy atom. The van der Waals surface area contributed by atoms with Crippen LogP contribution < -0.4 is 10.1 Å². The Labute approximate surface area is 112 Å². The molecule has 0 bridgehead atoms. The van der Waals surface area contributed by atoms with Gasteiger partial charge in [0, 0.05) is 6.20 Å². The first kappa shape index (κ1) is 13.1. The van der Waals surface area contributed by atoms with E-state index >= 15 is 0 Å². The molecule has 0 fully saturated rings. The summed E-state index contributed by atoms with van der Waals surface area (Å²) >= 11 is 1.73. The van der Waals surface area contributed by atoms with Crippen molar-refractivity contribution in [3.8, 4) is 5.75 Å². The average Bonchev–Trinajstić information content (AvgIpc) is 2.78. The fraction of sp³-hybridized carbons (Fsp3) is 0.357. The molecular formula is C14H18N2OS. The van der Waals surface area contributed by atoms with E-state index in [1.165, 1.54) is 11.1 Å². The van der Waals surface area contributed by atoms with Crippen molar-refractivity contribution in [3.63, 3.8) is 0 Å². The maximum atomic E-state index is 5.50. The fourth-order valence-corrected chi connectivity index (χ4v) is 2.88. The number of ether oxygens (including phenoxy) is 1. The molecule has 1 unspecified atom stereocenters. The average molecular weight is 262 g/mol. The first-order chi connectivity index (χ1) is 8.76. The Bertz CT molecular complexity index is 510. The lowest BCUT2D eigenvalue weighted by atomic mass is 10.00. The predicted molar refractivity (Wildman–Crippen MR) is 75.4 cm³/mol. The molecule has 2 rings (SSSR count). The van der Waals surface area contributed by atoms with Gasteiger partial charge < -0.3 is 10.1 Å². The number of nitrogens with zero attached hydrogens (tertiary/aromatic N) is 1. The minimum atomic E-state index is 0.171. The number of thiophene rings is 1. The maximum Gasteiger partial charge on any atom is 0.137 e. The summed E-state index contributed by atoms with van der Waals surface area (Å²) in [5.74, 6) is 0.822. The Morgan fingerprint density at radius 2 is 2.22 bits per heavy atom. The topological polar surface area (TPSA) is 34.1 Å². The van der Waals surface area contributed by atoms with Gasteiger partial charge in [-0.3, -0.25) is 4.98 Å². The summed E-state index contributed by atoms with van der Waals surface area (Å²) in [6.45, 7) is 4.77. The van der Waals surface area contributed by atoms with Gasteiger partial charge in [-0.25, -0.2) is 0 Å². The van der Waals surface area contributed by atoms with Crippen molar-refractivity contribution in [2.45, 2.75) is 19.9 Å². The first-order valence-electron chi connectivity index (χ1n) is 6.04. The van der Waals surface area contributed by atoms with Gasteiger partial charge in [0.25, 0.3) is 0 Å². The largest absolute Gasteiger partial charge is 0.492 e. The van der Waals surface area contributed by atoms with Crippen LogP contribution in [0.3, 0.4) is 0 Å². The molecule has 0 spiro atoms. The van der Waals surface area contributed by atoms with Crippen LogP contribution in [0.15, 0.2) is 29.2 Å². The van der Waals surface area contributed by atoms with Gasteiger partial charge in [0.15, 0.2) is 0 Å². The number of rotatable bonds is 5. The second-order valence-corrected chi connectivity index (χ2v) is 4.86. The van der Waals surface area contributed by atoms with Crippen LogP contribution in [0, 0.1) is 6.92 Å².